The number of halogens is 2. The molecule has 2 heterocycles. The number of phenols is 2. The molecule has 1 fully saturated rings. The first kappa shape index (κ1) is 22.6. The molecule has 30 heavy (non-hydrogen) atoms. The molecule has 1 aromatic heterocycles. The van der Waals surface area contributed by atoms with Crippen molar-refractivity contribution in [2.45, 2.75) is 31.4 Å². The van der Waals surface area contributed by atoms with Crippen molar-refractivity contribution >= 4 is 39.3 Å². The van der Waals surface area contributed by atoms with Gasteiger partial charge in [0.1, 0.15) is 34.0 Å². The number of fused-ring (bicyclic) bond motifs is 1. The molecule has 160 valence electrons. The number of aromatic hydroxyl groups is 2. The number of nitrogens with zero attached hydrogens (tertiary/aromatic N) is 1. The maximum absolute atomic E-state index is 12.9. The van der Waals surface area contributed by atoms with Crippen molar-refractivity contribution in [2.24, 2.45) is 0 Å². The standard InChI is InChI=1S/C22H22BrNO5.ClH/c1-3-22(28)14(7-8-24(22)2)19-15(25)10-16(26)20-17(27)11-18(29-21(19)20)12-5-4-6-13(23)9-12;/h4-6,9-11,14,25-26,28H,3,7-8H2,1-2H3;1H. The van der Waals surface area contributed by atoms with Crippen molar-refractivity contribution in [1.82, 2.24) is 4.90 Å². The van der Waals surface area contributed by atoms with Crippen molar-refractivity contribution in [3.05, 3.63) is 56.7 Å². The van der Waals surface area contributed by atoms with Crippen LogP contribution in [0.2, 0.25) is 0 Å². The fourth-order valence-corrected chi connectivity index (χ4v) is 4.75. The van der Waals surface area contributed by atoms with E-state index in [1.54, 1.807) is 0 Å². The fourth-order valence-electron chi connectivity index (χ4n) is 4.35. The van der Waals surface area contributed by atoms with E-state index in [1.807, 2.05) is 43.1 Å². The highest BCUT2D eigenvalue weighted by molar-refractivity contribution is 9.10. The van der Waals surface area contributed by atoms with Gasteiger partial charge < -0.3 is 19.7 Å². The lowest BCUT2D eigenvalue weighted by atomic mass is 9.85. The molecule has 0 amide bonds. The summed E-state index contributed by atoms with van der Waals surface area (Å²) in [5, 5.41) is 32.3. The molecule has 1 aliphatic rings. The minimum absolute atomic E-state index is 0. The van der Waals surface area contributed by atoms with Gasteiger partial charge in [-0.15, -0.1) is 12.4 Å². The van der Waals surface area contributed by atoms with Crippen LogP contribution in [-0.4, -0.2) is 39.5 Å². The molecular weight excluding hydrogens is 474 g/mol. The molecule has 4 rings (SSSR count). The van der Waals surface area contributed by atoms with Gasteiger partial charge in [-0.3, -0.25) is 9.69 Å². The van der Waals surface area contributed by atoms with E-state index in [0.29, 0.717) is 36.3 Å². The summed E-state index contributed by atoms with van der Waals surface area (Å²) in [5.74, 6) is -0.693. The van der Waals surface area contributed by atoms with E-state index in [-0.39, 0.29) is 34.9 Å². The van der Waals surface area contributed by atoms with Crippen molar-refractivity contribution in [3.8, 4) is 22.8 Å². The third-order valence-corrected chi connectivity index (χ3v) is 6.44. The second kappa shape index (κ2) is 8.23. The molecule has 8 heteroatoms. The largest absolute Gasteiger partial charge is 0.507 e. The molecule has 3 aromatic rings. The van der Waals surface area contributed by atoms with Crippen LogP contribution in [0.4, 0.5) is 0 Å². The van der Waals surface area contributed by atoms with Gasteiger partial charge in [-0.05, 0) is 32.0 Å². The SMILES string of the molecule is CCC1(O)C(c2c(O)cc(O)c3c(=O)cc(-c4cccc(Br)c4)oc23)CCN1C.Cl. The summed E-state index contributed by atoms with van der Waals surface area (Å²) in [6, 6.07) is 9.80. The predicted molar refractivity (Wildman–Crippen MR) is 121 cm³/mol. The first-order chi connectivity index (χ1) is 13.8. The van der Waals surface area contributed by atoms with Gasteiger partial charge in [-0.1, -0.05) is 35.0 Å². The third-order valence-electron chi connectivity index (χ3n) is 5.95. The molecule has 2 atom stereocenters. The van der Waals surface area contributed by atoms with Crippen LogP contribution in [0.25, 0.3) is 22.3 Å². The maximum atomic E-state index is 12.9. The molecular formula is C22H23BrClNO5. The molecule has 0 aliphatic carbocycles. The molecule has 3 N–H and O–H groups in total. The van der Waals surface area contributed by atoms with Crippen LogP contribution in [-0.2, 0) is 0 Å². The zero-order chi connectivity index (χ0) is 20.9. The second-order valence-electron chi connectivity index (χ2n) is 7.51. The summed E-state index contributed by atoms with van der Waals surface area (Å²) in [7, 11) is 1.83. The van der Waals surface area contributed by atoms with Gasteiger partial charge in [0.15, 0.2) is 5.43 Å². The smallest absolute Gasteiger partial charge is 0.197 e. The molecule has 2 unspecified atom stereocenters. The molecule has 0 bridgehead atoms. The van der Waals surface area contributed by atoms with Gasteiger partial charge in [0.2, 0.25) is 0 Å². The first-order valence-electron chi connectivity index (χ1n) is 9.48. The Morgan fingerprint density at radius 3 is 2.63 bits per heavy atom. The lowest BCUT2D eigenvalue weighted by Crippen LogP contribution is -2.44. The van der Waals surface area contributed by atoms with Gasteiger partial charge >= 0.3 is 0 Å². The zero-order valence-electron chi connectivity index (χ0n) is 16.6. The lowest BCUT2D eigenvalue weighted by Gasteiger charge is -2.35. The van der Waals surface area contributed by atoms with E-state index < -0.39 is 17.1 Å². The number of likely N-dealkylation sites (tertiary alicyclic amines) is 1. The van der Waals surface area contributed by atoms with Crippen molar-refractivity contribution in [2.75, 3.05) is 13.6 Å². The van der Waals surface area contributed by atoms with Crippen molar-refractivity contribution < 1.29 is 19.7 Å². The number of hydrogen-bond donors (Lipinski definition) is 3. The van der Waals surface area contributed by atoms with Crippen LogP contribution in [0.5, 0.6) is 11.5 Å². The number of aliphatic hydroxyl groups is 1. The molecule has 1 saturated heterocycles. The molecule has 2 aromatic carbocycles. The number of benzene rings is 2. The Labute approximate surface area is 188 Å². The summed E-state index contributed by atoms with van der Waals surface area (Å²) >= 11 is 3.41. The third kappa shape index (κ3) is 3.50. The molecule has 0 radical (unpaired) electrons. The lowest BCUT2D eigenvalue weighted by molar-refractivity contribution is -0.0824. The van der Waals surface area contributed by atoms with E-state index in [9.17, 15) is 20.1 Å². The quantitative estimate of drug-likeness (QED) is 0.492. The van der Waals surface area contributed by atoms with E-state index in [0.717, 1.165) is 10.5 Å². The Hall–Kier alpha value is -2.06. The zero-order valence-corrected chi connectivity index (χ0v) is 19.0. The Bertz CT molecular complexity index is 1160. The molecule has 0 saturated carbocycles. The van der Waals surface area contributed by atoms with Gasteiger partial charge in [0.25, 0.3) is 0 Å². The number of phenolic OH excluding ortho intramolecular Hbond substituents is 2. The van der Waals surface area contributed by atoms with Gasteiger partial charge in [-0.25, -0.2) is 0 Å². The molecule has 0 spiro atoms. The van der Waals surface area contributed by atoms with Gasteiger partial charge in [0.05, 0.1) is 0 Å². The Morgan fingerprint density at radius 2 is 1.97 bits per heavy atom. The summed E-state index contributed by atoms with van der Waals surface area (Å²) in [4.78, 5) is 14.7. The van der Waals surface area contributed by atoms with E-state index in [1.165, 1.54) is 6.07 Å². The first-order valence-corrected chi connectivity index (χ1v) is 10.3. The summed E-state index contributed by atoms with van der Waals surface area (Å²) in [5.41, 5.74) is -0.462. The van der Waals surface area contributed by atoms with Crippen LogP contribution in [0.1, 0.15) is 31.2 Å². The van der Waals surface area contributed by atoms with Crippen molar-refractivity contribution in [1.29, 1.82) is 0 Å². The van der Waals surface area contributed by atoms with Crippen molar-refractivity contribution in [3.63, 3.8) is 0 Å². The van der Waals surface area contributed by atoms with E-state index in [4.69, 9.17) is 4.42 Å². The minimum Gasteiger partial charge on any atom is -0.507 e. The van der Waals surface area contributed by atoms with Crippen LogP contribution in [0.15, 0.2) is 50.1 Å². The van der Waals surface area contributed by atoms with E-state index in [2.05, 4.69) is 15.9 Å². The van der Waals surface area contributed by atoms with Crippen LogP contribution < -0.4 is 5.43 Å². The summed E-state index contributed by atoms with van der Waals surface area (Å²) < 4.78 is 6.92. The topological polar surface area (TPSA) is 94.1 Å². The number of hydrogen-bond acceptors (Lipinski definition) is 6. The Morgan fingerprint density at radius 1 is 1.23 bits per heavy atom. The highest BCUT2D eigenvalue weighted by Gasteiger charge is 2.47. The van der Waals surface area contributed by atoms with Crippen LogP contribution in [0.3, 0.4) is 0 Å². The molecule has 1 aliphatic heterocycles. The summed E-state index contributed by atoms with van der Waals surface area (Å²) in [6.45, 7) is 2.50. The minimum atomic E-state index is -1.19. The Kier molecular flexibility index (Phi) is 6.20. The van der Waals surface area contributed by atoms with Crippen LogP contribution >= 0.6 is 28.3 Å². The maximum Gasteiger partial charge on any atom is 0.197 e. The Balaban J connectivity index is 0.00000256. The molecule has 6 nitrogen and oxygen atoms in total. The van der Waals surface area contributed by atoms with Gasteiger partial charge in [-0.2, -0.15) is 0 Å². The monoisotopic (exact) mass is 495 g/mol. The summed E-state index contributed by atoms with van der Waals surface area (Å²) in [6.07, 6.45) is 1.02. The van der Waals surface area contributed by atoms with E-state index >= 15 is 0 Å². The predicted octanol–water partition coefficient (Wildman–Crippen LogP) is 4.57. The normalized spacial score (nSPS) is 21.7. The average molecular weight is 497 g/mol. The van der Waals surface area contributed by atoms with Gasteiger partial charge in [0, 0.05) is 40.2 Å². The highest BCUT2D eigenvalue weighted by Crippen LogP contribution is 2.48. The average Bonchev–Trinajstić information content (AvgIpc) is 2.96. The number of likely N-dealkylation sites (N-methyl/N-ethyl adjacent to an activating group) is 1. The van der Waals surface area contributed by atoms with Crippen LogP contribution in [0, 0.1) is 0 Å². The second-order valence-corrected chi connectivity index (χ2v) is 8.43. The number of rotatable bonds is 3. The fraction of sp³-hybridized carbons (Fsp3) is 0.318. The highest BCUT2D eigenvalue weighted by atomic mass is 79.9.